The Morgan fingerprint density at radius 2 is 1.92 bits per heavy atom. The molecule has 36 heavy (non-hydrogen) atoms. The maximum absolute atomic E-state index is 13.7. The molecule has 3 heterocycles. The van der Waals surface area contributed by atoms with Crippen molar-refractivity contribution in [2.24, 2.45) is 4.99 Å². The SMILES string of the molecule is COC(=O)CN1c2ccc(C(F)(F)F)cc2C2(CCCC2)C12C=Nc1c(ccc3ccc(Br)nc13)O2. The van der Waals surface area contributed by atoms with E-state index in [2.05, 4.69) is 20.9 Å². The molecule has 0 amide bonds. The molecule has 1 unspecified atom stereocenters. The van der Waals surface area contributed by atoms with Gasteiger partial charge in [-0.15, -0.1) is 0 Å². The molecule has 186 valence electrons. The van der Waals surface area contributed by atoms with Gasteiger partial charge in [-0.05, 0) is 70.7 Å². The number of carbonyl (C=O) groups is 1. The number of pyridine rings is 1. The van der Waals surface area contributed by atoms with Crippen LogP contribution < -0.4 is 9.64 Å². The van der Waals surface area contributed by atoms with Crippen molar-refractivity contribution < 1.29 is 27.4 Å². The minimum absolute atomic E-state index is 0.199. The summed E-state index contributed by atoms with van der Waals surface area (Å²) in [6.07, 6.45) is -0.0162. The van der Waals surface area contributed by atoms with E-state index in [1.807, 2.05) is 18.2 Å². The summed E-state index contributed by atoms with van der Waals surface area (Å²) in [6.45, 7) is -0.199. The lowest BCUT2D eigenvalue weighted by molar-refractivity contribution is -0.139. The van der Waals surface area contributed by atoms with E-state index in [-0.39, 0.29) is 6.54 Å². The second-order valence-electron chi connectivity index (χ2n) is 9.36. The quantitative estimate of drug-likeness (QED) is 0.272. The molecule has 0 saturated heterocycles. The molecule has 2 aromatic carbocycles. The molecule has 1 aromatic heterocycles. The Kier molecular flexibility index (Phi) is 5.13. The summed E-state index contributed by atoms with van der Waals surface area (Å²) in [5.41, 5.74) is -0.617. The third-order valence-electron chi connectivity index (χ3n) is 7.59. The zero-order valence-corrected chi connectivity index (χ0v) is 20.8. The number of methoxy groups -OCH3 is 1. The molecule has 6 nitrogen and oxygen atoms in total. The van der Waals surface area contributed by atoms with Gasteiger partial charge in [-0.1, -0.05) is 18.9 Å². The molecule has 6 rings (SSSR count). The molecule has 2 spiro atoms. The van der Waals surface area contributed by atoms with Crippen molar-refractivity contribution in [1.29, 1.82) is 0 Å². The zero-order chi connectivity index (χ0) is 25.3. The fourth-order valence-corrected chi connectivity index (χ4v) is 6.30. The molecule has 3 aromatic rings. The number of ether oxygens (including phenoxy) is 2. The molecule has 3 aliphatic rings. The Hall–Kier alpha value is -3.14. The Morgan fingerprint density at radius 1 is 1.17 bits per heavy atom. The van der Waals surface area contributed by atoms with Crippen molar-refractivity contribution in [1.82, 2.24) is 4.98 Å². The second-order valence-corrected chi connectivity index (χ2v) is 10.2. The normalized spacial score (nSPS) is 21.6. The Morgan fingerprint density at radius 3 is 2.64 bits per heavy atom. The highest BCUT2D eigenvalue weighted by Gasteiger charge is 2.65. The number of esters is 1. The number of alkyl halides is 3. The van der Waals surface area contributed by atoms with Crippen LogP contribution in [0.3, 0.4) is 0 Å². The first-order valence-electron chi connectivity index (χ1n) is 11.6. The fraction of sp³-hybridized carbons (Fsp3) is 0.346. The minimum atomic E-state index is -4.50. The summed E-state index contributed by atoms with van der Waals surface area (Å²) < 4.78 is 53.6. The number of aromatic nitrogens is 1. The number of carbonyl (C=O) groups excluding carboxylic acids is 1. The van der Waals surface area contributed by atoms with Gasteiger partial charge in [0.2, 0.25) is 5.72 Å². The number of benzene rings is 2. The number of aliphatic imine (C=N–C) groups is 1. The van der Waals surface area contributed by atoms with Gasteiger partial charge < -0.3 is 14.4 Å². The lowest BCUT2D eigenvalue weighted by atomic mass is 9.72. The topological polar surface area (TPSA) is 64.0 Å². The molecular weight excluding hydrogens is 539 g/mol. The molecule has 1 saturated carbocycles. The van der Waals surface area contributed by atoms with Crippen LogP contribution >= 0.6 is 15.9 Å². The fourth-order valence-electron chi connectivity index (χ4n) is 5.99. The van der Waals surface area contributed by atoms with Crippen molar-refractivity contribution in [2.45, 2.75) is 43.0 Å². The Labute approximate surface area is 213 Å². The van der Waals surface area contributed by atoms with E-state index in [0.29, 0.717) is 45.6 Å². The maximum atomic E-state index is 13.7. The highest BCUT2D eigenvalue weighted by molar-refractivity contribution is 9.10. The third-order valence-corrected chi connectivity index (χ3v) is 8.03. The van der Waals surface area contributed by atoms with Crippen molar-refractivity contribution in [3.63, 3.8) is 0 Å². The lowest BCUT2D eigenvalue weighted by Gasteiger charge is -2.47. The molecule has 10 heteroatoms. The van der Waals surface area contributed by atoms with E-state index in [4.69, 9.17) is 14.5 Å². The largest absolute Gasteiger partial charge is 0.468 e. The van der Waals surface area contributed by atoms with Gasteiger partial charge in [0.1, 0.15) is 22.4 Å². The first-order valence-corrected chi connectivity index (χ1v) is 12.4. The average molecular weight is 560 g/mol. The zero-order valence-electron chi connectivity index (χ0n) is 19.2. The van der Waals surface area contributed by atoms with Gasteiger partial charge in [0.05, 0.1) is 24.3 Å². The number of halogens is 4. The molecule has 2 aliphatic heterocycles. The number of anilines is 1. The van der Waals surface area contributed by atoms with Crippen molar-refractivity contribution >= 4 is 50.4 Å². The van der Waals surface area contributed by atoms with E-state index >= 15 is 0 Å². The number of hydrogen-bond donors (Lipinski definition) is 0. The maximum Gasteiger partial charge on any atom is 0.416 e. The van der Waals surface area contributed by atoms with Crippen LogP contribution in [0.15, 0.2) is 52.1 Å². The van der Waals surface area contributed by atoms with Gasteiger partial charge in [0.25, 0.3) is 0 Å². The molecule has 0 bridgehead atoms. The van der Waals surface area contributed by atoms with Gasteiger partial charge in [-0.3, -0.25) is 4.79 Å². The summed E-state index contributed by atoms with van der Waals surface area (Å²) in [7, 11) is 1.28. The van der Waals surface area contributed by atoms with Crippen molar-refractivity contribution in [3.8, 4) is 5.75 Å². The monoisotopic (exact) mass is 559 g/mol. The van der Waals surface area contributed by atoms with Gasteiger partial charge in [-0.2, -0.15) is 13.2 Å². The predicted molar refractivity (Wildman–Crippen MR) is 132 cm³/mol. The molecule has 1 aliphatic carbocycles. The van der Waals surface area contributed by atoms with E-state index in [1.54, 1.807) is 17.2 Å². The Bertz CT molecular complexity index is 1440. The smallest absolute Gasteiger partial charge is 0.416 e. The number of hydrogen-bond acceptors (Lipinski definition) is 6. The summed E-state index contributed by atoms with van der Waals surface area (Å²) in [6, 6.07) is 11.1. The van der Waals surface area contributed by atoms with Crippen LogP contribution in [-0.2, 0) is 21.1 Å². The highest BCUT2D eigenvalue weighted by atomic mass is 79.9. The van der Waals surface area contributed by atoms with Crippen LogP contribution in [-0.4, -0.2) is 36.5 Å². The molecule has 0 N–H and O–H groups in total. The van der Waals surface area contributed by atoms with E-state index in [1.165, 1.54) is 19.2 Å². The first-order chi connectivity index (χ1) is 17.2. The lowest BCUT2D eigenvalue weighted by Crippen LogP contribution is -2.64. The number of fused-ring (bicyclic) bond motifs is 6. The molecule has 1 atom stereocenters. The second kappa shape index (κ2) is 7.93. The van der Waals surface area contributed by atoms with Crippen LogP contribution in [0, 0.1) is 0 Å². The summed E-state index contributed by atoms with van der Waals surface area (Å²) in [4.78, 5) is 23.6. The van der Waals surface area contributed by atoms with Gasteiger partial charge >= 0.3 is 12.1 Å². The standard InChI is InChI=1S/C26H21BrF3N3O3/c1-35-21(34)13-33-18-7-6-16(26(28,29)30)12-17(18)24(10-2-3-11-24)25(33)14-31-23-19(36-25)8-4-15-5-9-20(27)32-22(15)23/h4-9,12,14H,2-3,10-11,13H2,1H3. The van der Waals surface area contributed by atoms with Crippen LogP contribution in [0.4, 0.5) is 24.5 Å². The first kappa shape index (κ1) is 23.3. The minimum Gasteiger partial charge on any atom is -0.468 e. The molecular formula is C26H21BrF3N3O3. The summed E-state index contributed by atoms with van der Waals surface area (Å²) in [5, 5.41) is 0.875. The van der Waals surface area contributed by atoms with Crippen LogP contribution in [0.25, 0.3) is 10.9 Å². The van der Waals surface area contributed by atoms with E-state index < -0.39 is 28.8 Å². The highest BCUT2D eigenvalue weighted by Crippen LogP contribution is 2.61. The summed E-state index contributed by atoms with van der Waals surface area (Å²) in [5.74, 6) is -0.0669. The molecule has 0 radical (unpaired) electrons. The van der Waals surface area contributed by atoms with Crippen LogP contribution in [0.5, 0.6) is 5.75 Å². The third kappa shape index (κ3) is 3.19. The molecule has 1 fully saturated rings. The number of rotatable bonds is 2. The van der Waals surface area contributed by atoms with E-state index in [9.17, 15) is 18.0 Å². The average Bonchev–Trinajstić information content (AvgIpc) is 3.43. The van der Waals surface area contributed by atoms with Crippen molar-refractivity contribution in [2.75, 3.05) is 18.6 Å². The van der Waals surface area contributed by atoms with E-state index in [0.717, 1.165) is 24.3 Å². The van der Waals surface area contributed by atoms with Gasteiger partial charge in [0.15, 0.2) is 5.75 Å². The predicted octanol–water partition coefficient (Wildman–Crippen LogP) is 6.31. The van der Waals surface area contributed by atoms with Gasteiger partial charge in [0, 0.05) is 11.1 Å². The van der Waals surface area contributed by atoms with Crippen LogP contribution in [0.1, 0.15) is 36.8 Å². The number of nitrogens with zero attached hydrogens (tertiary/aromatic N) is 3. The van der Waals surface area contributed by atoms with Crippen molar-refractivity contribution in [3.05, 3.63) is 58.2 Å². The van der Waals surface area contributed by atoms with Crippen LogP contribution in [0.2, 0.25) is 0 Å². The summed E-state index contributed by atoms with van der Waals surface area (Å²) >= 11 is 3.40. The Balaban J connectivity index is 1.58. The van der Waals surface area contributed by atoms with Gasteiger partial charge in [-0.25, -0.2) is 9.98 Å².